The predicted molar refractivity (Wildman–Crippen MR) is 128 cm³/mol. The Morgan fingerprint density at radius 3 is 2.88 bits per heavy atom. The fourth-order valence-corrected chi connectivity index (χ4v) is 4.65. The molecule has 2 atom stereocenters. The Morgan fingerprint density at radius 1 is 1.21 bits per heavy atom. The molecule has 2 aliphatic rings. The quantitative estimate of drug-likeness (QED) is 0.545. The predicted octanol–water partition coefficient (Wildman–Crippen LogP) is 4.04. The van der Waals surface area contributed by atoms with E-state index < -0.39 is 5.82 Å². The number of nitrogens with two attached hydrogens (primary N) is 1. The lowest BCUT2D eigenvalue weighted by Gasteiger charge is -2.25. The summed E-state index contributed by atoms with van der Waals surface area (Å²) in [6, 6.07) is 8.00. The molecular formula is C24H25ClFN5O3. The molecule has 1 aromatic carbocycles. The number of pyridine rings is 1. The first-order valence-corrected chi connectivity index (χ1v) is 11.7. The average molecular weight is 486 g/mol. The number of ether oxygens (including phenoxy) is 2. The Morgan fingerprint density at radius 2 is 2.09 bits per heavy atom. The summed E-state index contributed by atoms with van der Waals surface area (Å²) in [5, 5.41) is 4.46. The van der Waals surface area contributed by atoms with Gasteiger partial charge in [0.05, 0.1) is 18.4 Å². The van der Waals surface area contributed by atoms with E-state index in [1.165, 1.54) is 10.7 Å². The van der Waals surface area contributed by atoms with Crippen LogP contribution in [-0.2, 0) is 4.74 Å². The standard InChI is InChI=1S/C24H25ClFN5O3/c25-23-20(13-29-31(24(23)32)22-3-1-2-10-33-22)30-9-7-17(14-30)34-21-11-15(6-8-28-21)18-5-4-16(27)12-19(18)26/h4-6,8,11-13,17,22H,1-3,7,9-10,14,27H2. The highest BCUT2D eigenvalue weighted by Crippen LogP contribution is 2.30. The van der Waals surface area contributed by atoms with Crippen molar-refractivity contribution in [1.29, 1.82) is 0 Å². The minimum Gasteiger partial charge on any atom is -0.472 e. The van der Waals surface area contributed by atoms with E-state index in [1.807, 2.05) is 4.90 Å². The Balaban J connectivity index is 1.29. The van der Waals surface area contributed by atoms with Crippen molar-refractivity contribution in [2.45, 2.75) is 38.0 Å². The molecule has 2 aliphatic heterocycles. The number of aromatic nitrogens is 3. The van der Waals surface area contributed by atoms with Gasteiger partial charge in [-0.15, -0.1) is 0 Å². The zero-order chi connectivity index (χ0) is 23.7. The van der Waals surface area contributed by atoms with E-state index >= 15 is 0 Å². The number of halogens is 2. The molecule has 2 fully saturated rings. The van der Waals surface area contributed by atoms with Gasteiger partial charge in [-0.2, -0.15) is 9.78 Å². The van der Waals surface area contributed by atoms with E-state index in [0.29, 0.717) is 54.5 Å². The second kappa shape index (κ2) is 9.60. The number of hydrogen-bond donors (Lipinski definition) is 1. The van der Waals surface area contributed by atoms with Crippen LogP contribution in [0.2, 0.25) is 5.02 Å². The van der Waals surface area contributed by atoms with Crippen LogP contribution in [0.3, 0.4) is 0 Å². The molecule has 3 aromatic rings. The lowest BCUT2D eigenvalue weighted by molar-refractivity contribution is -0.0424. The van der Waals surface area contributed by atoms with Crippen molar-refractivity contribution in [2.24, 2.45) is 0 Å². The van der Waals surface area contributed by atoms with Gasteiger partial charge in [0.1, 0.15) is 16.9 Å². The van der Waals surface area contributed by atoms with E-state index in [9.17, 15) is 9.18 Å². The van der Waals surface area contributed by atoms with Gasteiger partial charge < -0.3 is 20.1 Å². The zero-order valence-corrected chi connectivity index (χ0v) is 19.2. The Labute approximate surface area is 201 Å². The van der Waals surface area contributed by atoms with Crippen molar-refractivity contribution in [3.8, 4) is 17.0 Å². The van der Waals surface area contributed by atoms with Crippen LogP contribution in [0.4, 0.5) is 15.8 Å². The number of benzene rings is 1. The average Bonchev–Trinajstić information content (AvgIpc) is 3.29. The first-order valence-electron chi connectivity index (χ1n) is 11.3. The summed E-state index contributed by atoms with van der Waals surface area (Å²) in [4.78, 5) is 19.1. The molecule has 0 amide bonds. The van der Waals surface area contributed by atoms with Crippen LogP contribution in [0.1, 0.15) is 31.9 Å². The summed E-state index contributed by atoms with van der Waals surface area (Å²) in [6.07, 6.45) is 6.10. The molecule has 4 heterocycles. The SMILES string of the molecule is Nc1ccc(-c2ccnc(OC3CCN(c4cnn(C5CCCCO5)c(=O)c4Cl)C3)c2)c(F)c1. The van der Waals surface area contributed by atoms with Crippen LogP contribution in [0.15, 0.2) is 47.5 Å². The maximum atomic E-state index is 14.3. The Hall–Kier alpha value is -3.17. The second-order valence-electron chi connectivity index (χ2n) is 8.51. The van der Waals surface area contributed by atoms with Gasteiger partial charge in [-0.3, -0.25) is 4.79 Å². The molecule has 0 saturated carbocycles. The molecule has 34 heavy (non-hydrogen) atoms. The molecule has 0 spiro atoms. The summed E-state index contributed by atoms with van der Waals surface area (Å²) in [5.41, 5.74) is 7.32. The highest BCUT2D eigenvalue weighted by molar-refractivity contribution is 6.33. The van der Waals surface area contributed by atoms with Crippen molar-refractivity contribution in [3.63, 3.8) is 0 Å². The molecule has 8 nitrogen and oxygen atoms in total. The zero-order valence-electron chi connectivity index (χ0n) is 18.5. The largest absolute Gasteiger partial charge is 0.472 e. The molecule has 0 bridgehead atoms. The van der Waals surface area contributed by atoms with E-state index in [4.69, 9.17) is 26.8 Å². The Kier molecular flexibility index (Phi) is 6.38. The molecule has 2 unspecified atom stereocenters. The van der Waals surface area contributed by atoms with E-state index in [0.717, 1.165) is 19.3 Å². The summed E-state index contributed by atoms with van der Waals surface area (Å²) in [5.74, 6) is -0.00523. The maximum absolute atomic E-state index is 14.3. The van der Waals surface area contributed by atoms with Crippen molar-refractivity contribution in [2.75, 3.05) is 30.3 Å². The van der Waals surface area contributed by atoms with Crippen LogP contribution in [0.25, 0.3) is 11.1 Å². The van der Waals surface area contributed by atoms with Crippen molar-refractivity contribution >= 4 is 23.0 Å². The molecule has 2 aromatic heterocycles. The van der Waals surface area contributed by atoms with Gasteiger partial charge in [0.2, 0.25) is 5.88 Å². The van der Waals surface area contributed by atoms with Crippen LogP contribution in [-0.4, -0.2) is 40.6 Å². The number of rotatable bonds is 5. The van der Waals surface area contributed by atoms with Crippen LogP contribution in [0, 0.1) is 5.82 Å². The first-order chi connectivity index (χ1) is 16.5. The summed E-state index contributed by atoms with van der Waals surface area (Å²) < 4.78 is 27.4. The lowest BCUT2D eigenvalue weighted by atomic mass is 10.1. The van der Waals surface area contributed by atoms with Gasteiger partial charge in [0.25, 0.3) is 5.56 Å². The van der Waals surface area contributed by atoms with Gasteiger partial charge in [0.15, 0.2) is 6.23 Å². The second-order valence-corrected chi connectivity index (χ2v) is 8.89. The molecule has 2 saturated heterocycles. The summed E-state index contributed by atoms with van der Waals surface area (Å²) in [7, 11) is 0. The molecule has 178 valence electrons. The molecule has 2 N–H and O–H groups in total. The highest BCUT2D eigenvalue weighted by atomic mass is 35.5. The molecule has 0 aliphatic carbocycles. The number of anilines is 2. The van der Waals surface area contributed by atoms with Gasteiger partial charge in [0, 0.05) is 43.1 Å². The molecule has 0 radical (unpaired) electrons. The first kappa shape index (κ1) is 22.6. The number of nitrogen functional groups attached to an aromatic ring is 1. The third-order valence-electron chi connectivity index (χ3n) is 6.17. The summed E-state index contributed by atoms with van der Waals surface area (Å²) >= 11 is 6.45. The highest BCUT2D eigenvalue weighted by Gasteiger charge is 2.28. The monoisotopic (exact) mass is 485 g/mol. The van der Waals surface area contributed by atoms with Crippen LogP contribution < -0.4 is 20.9 Å². The number of hydrogen-bond acceptors (Lipinski definition) is 7. The Bertz CT molecular complexity index is 1250. The molecular weight excluding hydrogens is 461 g/mol. The van der Waals surface area contributed by atoms with Gasteiger partial charge in [-0.25, -0.2) is 9.37 Å². The minimum atomic E-state index is -0.403. The number of nitrogens with zero attached hydrogens (tertiary/aromatic N) is 4. The van der Waals surface area contributed by atoms with Gasteiger partial charge in [-0.05, 0) is 49.1 Å². The van der Waals surface area contributed by atoms with Gasteiger partial charge in [-0.1, -0.05) is 11.6 Å². The van der Waals surface area contributed by atoms with Gasteiger partial charge >= 0.3 is 0 Å². The topological polar surface area (TPSA) is 95.5 Å². The fraction of sp³-hybridized carbons (Fsp3) is 0.375. The fourth-order valence-electron chi connectivity index (χ4n) is 4.40. The van der Waals surface area contributed by atoms with Crippen molar-refractivity contribution in [1.82, 2.24) is 14.8 Å². The maximum Gasteiger partial charge on any atom is 0.290 e. The van der Waals surface area contributed by atoms with E-state index in [1.54, 1.807) is 36.7 Å². The van der Waals surface area contributed by atoms with Crippen molar-refractivity contribution in [3.05, 3.63) is 63.9 Å². The van der Waals surface area contributed by atoms with Crippen LogP contribution in [0.5, 0.6) is 5.88 Å². The van der Waals surface area contributed by atoms with Crippen LogP contribution >= 0.6 is 11.6 Å². The third kappa shape index (κ3) is 4.58. The minimum absolute atomic E-state index is 0.128. The molecule has 5 rings (SSSR count). The van der Waals surface area contributed by atoms with E-state index in [-0.39, 0.29) is 22.9 Å². The van der Waals surface area contributed by atoms with E-state index in [2.05, 4.69) is 10.1 Å². The van der Waals surface area contributed by atoms with Crippen molar-refractivity contribution < 1.29 is 13.9 Å². The normalized spacial score (nSPS) is 20.5. The summed E-state index contributed by atoms with van der Waals surface area (Å²) in [6.45, 7) is 1.79. The third-order valence-corrected chi connectivity index (χ3v) is 6.52. The lowest BCUT2D eigenvalue weighted by Crippen LogP contribution is -2.33. The smallest absolute Gasteiger partial charge is 0.290 e. The molecule has 10 heteroatoms.